The van der Waals surface area contributed by atoms with Gasteiger partial charge in [-0.1, -0.05) is 79.3 Å². The summed E-state index contributed by atoms with van der Waals surface area (Å²) >= 11 is 8.37. The maximum Gasteiger partial charge on any atom is 0.0667 e. The zero-order valence-corrected chi connectivity index (χ0v) is 11.6. The Bertz CT molecular complexity index is 235. The minimum Gasteiger partial charge on any atom is -0.0706 e. The maximum atomic E-state index is 3.52. The fraction of sp³-hybridized carbons (Fsp3) is 0.250. The number of rotatable bonds is 2. The fourth-order valence-corrected chi connectivity index (χ4v) is 2.23. The molecule has 60 valence electrons. The molecule has 0 bridgehead atoms. The second kappa shape index (κ2) is 5.01. The lowest BCUT2D eigenvalue weighted by Crippen LogP contribution is -1.92. The molecule has 1 aromatic rings. The molecule has 0 spiro atoms. The Morgan fingerprint density at radius 2 is 1.91 bits per heavy atom. The number of hydrogen-bond donors (Lipinski definition) is 0. The summed E-state index contributed by atoms with van der Waals surface area (Å²) in [5.74, 6) is 0. The Morgan fingerprint density at radius 1 is 1.27 bits per heavy atom. The lowest BCUT2D eigenvalue weighted by molar-refractivity contribution is 1.14. The summed E-state index contributed by atoms with van der Waals surface area (Å²) in [4.78, 5) is 0. The van der Waals surface area contributed by atoms with E-state index in [0.29, 0.717) is 1.93 Å². The third-order valence-corrected chi connectivity index (χ3v) is 2.99. The van der Waals surface area contributed by atoms with Crippen molar-refractivity contribution < 1.29 is 0 Å². The molecule has 0 N–H and O–H groups in total. The standard InChI is InChI=1S/C8H7BrI2/c9-7-4-2-1-3-6(7)5-8(10)11/h1-4,8H,5H2. The highest BCUT2D eigenvalue weighted by Crippen LogP contribution is 2.22. The van der Waals surface area contributed by atoms with E-state index >= 15 is 0 Å². The van der Waals surface area contributed by atoms with Gasteiger partial charge in [0.2, 0.25) is 0 Å². The molecule has 0 saturated heterocycles. The van der Waals surface area contributed by atoms with Crippen LogP contribution in [0.4, 0.5) is 0 Å². The van der Waals surface area contributed by atoms with Gasteiger partial charge in [-0.15, -0.1) is 0 Å². The molecule has 0 aliphatic heterocycles. The third-order valence-electron chi connectivity index (χ3n) is 1.33. The molecule has 0 aliphatic rings. The molecule has 0 saturated carbocycles. The molecule has 3 heteroatoms. The fourth-order valence-electron chi connectivity index (χ4n) is 0.830. The molecular weight excluding hydrogens is 430 g/mol. The molecule has 0 amide bonds. The average Bonchev–Trinajstić information content (AvgIpc) is 1.93. The van der Waals surface area contributed by atoms with Gasteiger partial charge in [0, 0.05) is 4.47 Å². The molecule has 0 radical (unpaired) electrons. The Hall–Kier alpha value is 1.16. The Labute approximate surface area is 103 Å². The predicted molar refractivity (Wildman–Crippen MR) is 69.7 cm³/mol. The minimum absolute atomic E-state index is 0.670. The van der Waals surface area contributed by atoms with Crippen molar-refractivity contribution in [1.82, 2.24) is 0 Å². The Morgan fingerprint density at radius 3 is 2.45 bits per heavy atom. The first kappa shape index (κ1) is 10.2. The first-order valence-corrected chi connectivity index (χ1v) is 6.50. The zero-order valence-electron chi connectivity index (χ0n) is 5.73. The van der Waals surface area contributed by atoms with Crippen LogP contribution >= 0.6 is 61.1 Å². The van der Waals surface area contributed by atoms with Crippen LogP contribution < -0.4 is 0 Å². The second-order valence-electron chi connectivity index (χ2n) is 2.19. The molecule has 0 aromatic heterocycles. The second-order valence-corrected chi connectivity index (χ2v) is 8.43. The molecule has 1 aromatic carbocycles. The van der Waals surface area contributed by atoms with Gasteiger partial charge in [0.25, 0.3) is 0 Å². The summed E-state index contributed by atoms with van der Waals surface area (Å²) in [6.07, 6.45) is 1.13. The van der Waals surface area contributed by atoms with Gasteiger partial charge < -0.3 is 0 Å². The zero-order chi connectivity index (χ0) is 8.27. The highest BCUT2D eigenvalue weighted by Gasteiger charge is 2.02. The van der Waals surface area contributed by atoms with Crippen LogP contribution in [0.25, 0.3) is 0 Å². The van der Waals surface area contributed by atoms with Crippen molar-refractivity contribution in [3.05, 3.63) is 34.3 Å². The first-order chi connectivity index (χ1) is 5.20. The number of halogens is 3. The summed E-state index contributed by atoms with van der Waals surface area (Å²) in [7, 11) is 0. The van der Waals surface area contributed by atoms with E-state index in [4.69, 9.17) is 0 Å². The monoisotopic (exact) mass is 436 g/mol. The minimum atomic E-state index is 0.670. The van der Waals surface area contributed by atoms with Gasteiger partial charge >= 0.3 is 0 Å². The van der Waals surface area contributed by atoms with E-state index in [9.17, 15) is 0 Å². The van der Waals surface area contributed by atoms with E-state index in [0.717, 1.165) is 6.42 Å². The van der Waals surface area contributed by atoms with Crippen LogP contribution in [0.2, 0.25) is 0 Å². The van der Waals surface area contributed by atoms with Crippen molar-refractivity contribution in [1.29, 1.82) is 0 Å². The van der Waals surface area contributed by atoms with Crippen LogP contribution in [0.1, 0.15) is 5.56 Å². The summed E-state index contributed by atoms with van der Waals surface area (Å²) in [6.45, 7) is 0. The van der Waals surface area contributed by atoms with Gasteiger partial charge in [0.05, 0.1) is 1.93 Å². The predicted octanol–water partition coefficient (Wildman–Crippen LogP) is 4.19. The SMILES string of the molecule is Brc1ccccc1CC(I)I. The van der Waals surface area contributed by atoms with Gasteiger partial charge in [-0.25, -0.2) is 0 Å². The van der Waals surface area contributed by atoms with Crippen molar-refractivity contribution in [3.63, 3.8) is 0 Å². The summed E-state index contributed by atoms with van der Waals surface area (Å²) in [5, 5.41) is 0. The van der Waals surface area contributed by atoms with Crippen molar-refractivity contribution in [2.24, 2.45) is 0 Å². The molecule has 0 nitrogen and oxygen atoms in total. The number of benzene rings is 1. The van der Waals surface area contributed by atoms with Gasteiger partial charge in [0.1, 0.15) is 0 Å². The van der Waals surface area contributed by atoms with Crippen LogP contribution in [0.5, 0.6) is 0 Å². The highest BCUT2D eigenvalue weighted by molar-refractivity contribution is 14.2. The van der Waals surface area contributed by atoms with E-state index in [1.54, 1.807) is 0 Å². The van der Waals surface area contributed by atoms with Crippen molar-refractivity contribution in [2.45, 2.75) is 8.35 Å². The lowest BCUT2D eigenvalue weighted by Gasteiger charge is -2.03. The average molecular weight is 437 g/mol. The van der Waals surface area contributed by atoms with Crippen LogP contribution in [0.3, 0.4) is 0 Å². The molecule has 1 rings (SSSR count). The van der Waals surface area contributed by atoms with Crippen molar-refractivity contribution in [3.8, 4) is 0 Å². The topological polar surface area (TPSA) is 0 Å². The summed E-state index contributed by atoms with van der Waals surface area (Å²) < 4.78 is 1.89. The van der Waals surface area contributed by atoms with E-state index in [1.807, 2.05) is 6.07 Å². The normalized spacial score (nSPS) is 10.5. The van der Waals surface area contributed by atoms with E-state index in [2.05, 4.69) is 79.3 Å². The first-order valence-electron chi connectivity index (χ1n) is 3.21. The lowest BCUT2D eigenvalue weighted by atomic mass is 10.2. The summed E-state index contributed by atoms with van der Waals surface area (Å²) in [5.41, 5.74) is 1.39. The third kappa shape index (κ3) is 3.59. The number of alkyl halides is 2. The largest absolute Gasteiger partial charge is 0.0706 e. The van der Waals surface area contributed by atoms with Crippen LogP contribution in [-0.4, -0.2) is 1.93 Å². The molecule has 0 aliphatic carbocycles. The van der Waals surface area contributed by atoms with Crippen molar-refractivity contribution >= 4 is 61.1 Å². The van der Waals surface area contributed by atoms with Crippen LogP contribution in [0.15, 0.2) is 28.7 Å². The number of hydrogen-bond acceptors (Lipinski definition) is 0. The van der Waals surface area contributed by atoms with Crippen LogP contribution in [0, 0.1) is 0 Å². The van der Waals surface area contributed by atoms with Gasteiger partial charge in [-0.2, -0.15) is 0 Å². The van der Waals surface area contributed by atoms with E-state index in [1.165, 1.54) is 10.0 Å². The van der Waals surface area contributed by atoms with Gasteiger partial charge in [0.15, 0.2) is 0 Å². The van der Waals surface area contributed by atoms with Gasteiger partial charge in [-0.05, 0) is 18.1 Å². The molecule has 11 heavy (non-hydrogen) atoms. The Balaban J connectivity index is 2.78. The molecular formula is C8H7BrI2. The quantitative estimate of drug-likeness (QED) is 0.482. The summed E-state index contributed by atoms with van der Waals surface area (Å²) in [6, 6.07) is 8.37. The highest BCUT2D eigenvalue weighted by atomic mass is 127. The smallest absolute Gasteiger partial charge is 0.0667 e. The Kier molecular flexibility index (Phi) is 4.67. The van der Waals surface area contributed by atoms with Gasteiger partial charge in [-0.3, -0.25) is 0 Å². The molecule has 0 heterocycles. The van der Waals surface area contributed by atoms with Crippen molar-refractivity contribution in [2.75, 3.05) is 0 Å². The van der Waals surface area contributed by atoms with Crippen LogP contribution in [-0.2, 0) is 6.42 Å². The van der Waals surface area contributed by atoms with E-state index < -0.39 is 0 Å². The molecule has 0 atom stereocenters. The van der Waals surface area contributed by atoms with E-state index in [-0.39, 0.29) is 0 Å². The molecule has 0 fully saturated rings. The maximum absolute atomic E-state index is 3.52. The molecule has 0 unspecified atom stereocenters.